The molecule has 3 aromatic rings. The van der Waals surface area contributed by atoms with E-state index in [1.165, 1.54) is 24.3 Å². The molecule has 0 aliphatic carbocycles. The third-order valence-corrected chi connectivity index (χ3v) is 4.20. The predicted molar refractivity (Wildman–Crippen MR) is 105 cm³/mol. The van der Waals surface area contributed by atoms with E-state index < -0.39 is 4.92 Å². The zero-order valence-corrected chi connectivity index (χ0v) is 15.1. The summed E-state index contributed by atoms with van der Waals surface area (Å²) in [4.78, 5) is 26.4. The lowest BCUT2D eigenvalue weighted by Crippen LogP contribution is -2.20. The van der Waals surface area contributed by atoms with E-state index in [-0.39, 0.29) is 24.4 Å². The Morgan fingerprint density at radius 3 is 2.79 bits per heavy atom. The maximum Gasteiger partial charge on any atom is 0.269 e. The SMILES string of the molecule is O=C(COc1ccc([N+](=O)[O-])cc1)Nc1ccc2c(c1)NC(c1cccnc1)O2. The molecule has 0 saturated heterocycles. The summed E-state index contributed by atoms with van der Waals surface area (Å²) < 4.78 is 11.2. The minimum atomic E-state index is -0.499. The van der Waals surface area contributed by atoms with Crippen LogP contribution in [0.15, 0.2) is 67.0 Å². The average molecular weight is 392 g/mol. The summed E-state index contributed by atoms with van der Waals surface area (Å²) >= 11 is 0. The van der Waals surface area contributed by atoms with E-state index in [0.29, 0.717) is 17.2 Å². The number of anilines is 2. The van der Waals surface area contributed by atoms with E-state index >= 15 is 0 Å². The maximum absolute atomic E-state index is 12.1. The van der Waals surface area contributed by atoms with Crippen LogP contribution >= 0.6 is 0 Å². The molecule has 1 aromatic heterocycles. The van der Waals surface area contributed by atoms with E-state index in [2.05, 4.69) is 15.6 Å². The van der Waals surface area contributed by atoms with E-state index in [1.54, 1.807) is 30.6 Å². The van der Waals surface area contributed by atoms with Crippen molar-refractivity contribution in [3.05, 3.63) is 82.7 Å². The van der Waals surface area contributed by atoms with E-state index in [0.717, 1.165) is 11.3 Å². The first-order valence-corrected chi connectivity index (χ1v) is 8.73. The molecule has 4 rings (SSSR count). The number of hydrogen-bond donors (Lipinski definition) is 2. The number of carbonyl (C=O) groups excluding carboxylic acids is 1. The number of nitro groups is 1. The first-order chi connectivity index (χ1) is 14.1. The number of ether oxygens (including phenoxy) is 2. The second-order valence-electron chi connectivity index (χ2n) is 6.23. The van der Waals surface area contributed by atoms with Crippen LogP contribution in [0, 0.1) is 10.1 Å². The van der Waals surface area contributed by atoms with Crippen LogP contribution in [0.3, 0.4) is 0 Å². The summed E-state index contributed by atoms with van der Waals surface area (Å²) in [6, 6.07) is 14.5. The van der Waals surface area contributed by atoms with Crippen LogP contribution in [-0.2, 0) is 4.79 Å². The number of hydrogen-bond acceptors (Lipinski definition) is 7. The molecule has 2 heterocycles. The lowest BCUT2D eigenvalue weighted by molar-refractivity contribution is -0.384. The molecule has 1 atom stereocenters. The zero-order chi connectivity index (χ0) is 20.2. The number of non-ortho nitro benzene ring substituents is 1. The number of amides is 1. The fourth-order valence-electron chi connectivity index (χ4n) is 2.81. The van der Waals surface area contributed by atoms with Crippen molar-refractivity contribution in [3.8, 4) is 11.5 Å². The quantitative estimate of drug-likeness (QED) is 0.487. The summed E-state index contributed by atoms with van der Waals surface area (Å²) in [5, 5.41) is 16.6. The molecule has 0 spiro atoms. The molecule has 146 valence electrons. The molecule has 1 aliphatic rings. The molecule has 2 N–H and O–H groups in total. The monoisotopic (exact) mass is 392 g/mol. The lowest BCUT2D eigenvalue weighted by Gasteiger charge is -2.10. The van der Waals surface area contributed by atoms with Crippen molar-refractivity contribution in [2.75, 3.05) is 17.2 Å². The number of aromatic nitrogens is 1. The van der Waals surface area contributed by atoms with Crippen molar-refractivity contribution in [3.63, 3.8) is 0 Å². The fourth-order valence-corrected chi connectivity index (χ4v) is 2.81. The summed E-state index contributed by atoms with van der Waals surface area (Å²) in [5.41, 5.74) is 2.20. The molecule has 0 saturated carbocycles. The molecule has 1 unspecified atom stereocenters. The first kappa shape index (κ1) is 18.2. The molecule has 0 bridgehead atoms. The van der Waals surface area contributed by atoms with Crippen LogP contribution in [0.25, 0.3) is 0 Å². The number of nitrogens with one attached hydrogen (secondary N) is 2. The van der Waals surface area contributed by atoms with Crippen LogP contribution in [0.2, 0.25) is 0 Å². The summed E-state index contributed by atoms with van der Waals surface area (Å²) in [7, 11) is 0. The van der Waals surface area contributed by atoms with Gasteiger partial charge in [0.2, 0.25) is 0 Å². The van der Waals surface area contributed by atoms with Gasteiger partial charge in [0.1, 0.15) is 11.5 Å². The van der Waals surface area contributed by atoms with Crippen molar-refractivity contribution in [2.24, 2.45) is 0 Å². The van der Waals surface area contributed by atoms with E-state index in [4.69, 9.17) is 9.47 Å². The molecule has 9 nitrogen and oxygen atoms in total. The van der Waals surface area contributed by atoms with Gasteiger partial charge in [-0.05, 0) is 36.4 Å². The van der Waals surface area contributed by atoms with Gasteiger partial charge in [0.25, 0.3) is 11.6 Å². The van der Waals surface area contributed by atoms with Crippen LogP contribution < -0.4 is 20.1 Å². The molecule has 9 heteroatoms. The Hall–Kier alpha value is -4.14. The second kappa shape index (κ2) is 7.85. The molecule has 0 fully saturated rings. The third-order valence-electron chi connectivity index (χ3n) is 4.20. The molecular weight excluding hydrogens is 376 g/mol. The zero-order valence-electron chi connectivity index (χ0n) is 15.1. The van der Waals surface area contributed by atoms with E-state index in [1.807, 2.05) is 12.1 Å². The highest BCUT2D eigenvalue weighted by Gasteiger charge is 2.23. The Bertz CT molecular complexity index is 1040. The van der Waals surface area contributed by atoms with Gasteiger partial charge in [-0.15, -0.1) is 0 Å². The number of nitrogens with zero attached hydrogens (tertiary/aromatic N) is 2. The van der Waals surface area contributed by atoms with Gasteiger partial charge in [0, 0.05) is 35.8 Å². The van der Waals surface area contributed by atoms with Gasteiger partial charge in [-0.2, -0.15) is 0 Å². The van der Waals surface area contributed by atoms with Gasteiger partial charge in [0.15, 0.2) is 12.8 Å². The Morgan fingerprint density at radius 2 is 2.07 bits per heavy atom. The maximum atomic E-state index is 12.1. The number of carbonyl (C=O) groups is 1. The minimum absolute atomic E-state index is 0.0424. The highest BCUT2D eigenvalue weighted by molar-refractivity contribution is 5.92. The molecule has 1 aliphatic heterocycles. The highest BCUT2D eigenvalue weighted by Crippen LogP contribution is 2.39. The average Bonchev–Trinajstić information content (AvgIpc) is 3.17. The van der Waals surface area contributed by atoms with Crippen LogP contribution in [0.1, 0.15) is 11.8 Å². The Balaban J connectivity index is 1.34. The topological polar surface area (TPSA) is 116 Å². The largest absolute Gasteiger partial charge is 0.484 e. The first-order valence-electron chi connectivity index (χ1n) is 8.73. The van der Waals surface area contributed by atoms with Gasteiger partial charge in [-0.25, -0.2) is 0 Å². The molecule has 2 aromatic carbocycles. The van der Waals surface area contributed by atoms with Crippen LogP contribution in [0.5, 0.6) is 11.5 Å². The van der Waals surface area contributed by atoms with Crippen molar-refractivity contribution < 1.29 is 19.2 Å². The fraction of sp³-hybridized carbons (Fsp3) is 0.100. The van der Waals surface area contributed by atoms with Gasteiger partial charge in [0.05, 0.1) is 10.6 Å². The number of benzene rings is 2. The van der Waals surface area contributed by atoms with Gasteiger partial charge in [-0.1, -0.05) is 6.07 Å². The van der Waals surface area contributed by atoms with Gasteiger partial charge >= 0.3 is 0 Å². The number of fused-ring (bicyclic) bond motifs is 1. The van der Waals surface area contributed by atoms with Crippen molar-refractivity contribution in [2.45, 2.75) is 6.23 Å². The lowest BCUT2D eigenvalue weighted by atomic mass is 10.2. The second-order valence-corrected chi connectivity index (χ2v) is 6.23. The Labute approximate surface area is 165 Å². The standard InChI is InChI=1S/C20H16N4O5/c25-19(12-28-16-6-4-15(5-7-16)24(26)27)22-14-3-8-18-17(10-14)23-20(29-18)13-2-1-9-21-11-13/h1-11,20,23H,12H2,(H,22,25). The highest BCUT2D eigenvalue weighted by atomic mass is 16.6. The normalized spacial score (nSPS) is 14.3. The van der Waals surface area contributed by atoms with Crippen molar-refractivity contribution in [1.82, 2.24) is 4.98 Å². The molecule has 1 amide bonds. The van der Waals surface area contributed by atoms with Gasteiger partial charge in [-0.3, -0.25) is 19.9 Å². The minimum Gasteiger partial charge on any atom is -0.484 e. The Kier molecular flexibility index (Phi) is 4.93. The summed E-state index contributed by atoms with van der Waals surface area (Å²) in [6.45, 7) is -0.225. The summed E-state index contributed by atoms with van der Waals surface area (Å²) in [6.07, 6.45) is 3.08. The molecule has 0 radical (unpaired) electrons. The number of pyridine rings is 1. The molecule has 29 heavy (non-hydrogen) atoms. The van der Waals surface area contributed by atoms with Crippen LogP contribution in [0.4, 0.5) is 17.1 Å². The number of nitro benzene ring substituents is 1. The summed E-state index contributed by atoms with van der Waals surface area (Å²) in [5.74, 6) is 0.694. The smallest absolute Gasteiger partial charge is 0.269 e. The van der Waals surface area contributed by atoms with Crippen LogP contribution in [-0.4, -0.2) is 22.4 Å². The van der Waals surface area contributed by atoms with E-state index in [9.17, 15) is 14.9 Å². The third kappa shape index (κ3) is 4.24. The van der Waals surface area contributed by atoms with Gasteiger partial charge < -0.3 is 20.1 Å². The molecular formula is C20H16N4O5. The Morgan fingerprint density at radius 1 is 1.24 bits per heavy atom. The number of rotatable bonds is 6. The van der Waals surface area contributed by atoms with Crippen molar-refractivity contribution in [1.29, 1.82) is 0 Å². The van der Waals surface area contributed by atoms with Crippen molar-refractivity contribution >= 4 is 23.0 Å². The predicted octanol–water partition coefficient (Wildman–Crippen LogP) is 3.51.